The fraction of sp³-hybridized carbons (Fsp3) is 0.154. The molecule has 2 aromatic heterocycles. The number of primary amides is 1. The third-order valence-corrected chi connectivity index (χ3v) is 5.62. The first kappa shape index (κ1) is 17.3. The van der Waals surface area contributed by atoms with Crippen molar-refractivity contribution in [2.75, 3.05) is 12.3 Å². The van der Waals surface area contributed by atoms with Crippen molar-refractivity contribution < 1.29 is 21.8 Å². The molecule has 0 aliphatic carbocycles. The van der Waals surface area contributed by atoms with Gasteiger partial charge in [0.25, 0.3) is 0 Å². The zero-order valence-electron chi connectivity index (χ0n) is 12.7. The molecule has 0 saturated heterocycles. The summed E-state index contributed by atoms with van der Waals surface area (Å²) in [6.07, 6.45) is 0. The van der Waals surface area contributed by atoms with Crippen LogP contribution in [-0.2, 0) is 19.1 Å². The van der Waals surface area contributed by atoms with E-state index in [1.54, 1.807) is 6.92 Å². The smallest absolute Gasteiger partial charge is 0.302 e. The van der Waals surface area contributed by atoms with E-state index < -0.39 is 33.3 Å². The van der Waals surface area contributed by atoms with Crippen LogP contribution in [0.15, 0.2) is 17.0 Å². The Morgan fingerprint density at radius 2 is 2.16 bits per heavy atom. The van der Waals surface area contributed by atoms with E-state index in [2.05, 4.69) is 19.4 Å². The molecule has 5 N–H and O–H groups in total. The normalized spacial score (nSPS) is 11.9. The van der Waals surface area contributed by atoms with Crippen LogP contribution in [-0.4, -0.2) is 36.1 Å². The van der Waals surface area contributed by atoms with Crippen molar-refractivity contribution >= 4 is 43.4 Å². The van der Waals surface area contributed by atoms with E-state index >= 15 is 0 Å². The zero-order chi connectivity index (χ0) is 18.4. The Kier molecular flexibility index (Phi) is 4.18. The Labute approximate surface area is 144 Å². The summed E-state index contributed by atoms with van der Waals surface area (Å²) in [6.45, 7) is 0.821. The molecule has 0 fully saturated rings. The average molecular weight is 385 g/mol. The summed E-state index contributed by atoms with van der Waals surface area (Å²) in [4.78, 5) is 14.2. The molecule has 2 heterocycles. The van der Waals surface area contributed by atoms with Gasteiger partial charge in [-0.15, -0.1) is 11.3 Å². The molecule has 0 aliphatic heterocycles. The second-order valence-corrected chi connectivity index (χ2v) is 7.62. The Bertz CT molecular complexity index is 1070. The third-order valence-electron chi connectivity index (χ3n) is 3.26. The number of amides is 1. The molecule has 0 aliphatic rings. The van der Waals surface area contributed by atoms with Gasteiger partial charge in [-0.1, -0.05) is 0 Å². The number of thiazole rings is 1. The van der Waals surface area contributed by atoms with Crippen LogP contribution in [0.3, 0.4) is 0 Å². The van der Waals surface area contributed by atoms with Gasteiger partial charge in [0.2, 0.25) is 5.91 Å². The fourth-order valence-corrected chi connectivity index (χ4v) is 4.44. The third kappa shape index (κ3) is 3.06. The van der Waals surface area contributed by atoms with Gasteiger partial charge in [0.1, 0.15) is 22.9 Å². The second-order valence-electron chi connectivity index (χ2n) is 5.03. The maximum absolute atomic E-state index is 14.2. The summed E-state index contributed by atoms with van der Waals surface area (Å²) >= 11 is 1.12. The van der Waals surface area contributed by atoms with Crippen LogP contribution in [0.25, 0.3) is 20.8 Å². The molecular weight excluding hydrogens is 373 g/mol. The van der Waals surface area contributed by atoms with E-state index in [0.29, 0.717) is 21.0 Å². The highest BCUT2D eigenvalue weighted by Gasteiger charge is 2.27. The Morgan fingerprint density at radius 1 is 1.44 bits per heavy atom. The number of anilines is 1. The minimum atomic E-state index is -4.57. The minimum Gasteiger partial charge on any atom is -0.382 e. The van der Waals surface area contributed by atoms with E-state index in [1.165, 1.54) is 6.07 Å². The summed E-state index contributed by atoms with van der Waals surface area (Å²) in [6, 6.07) is 2.38. The maximum Gasteiger partial charge on any atom is 0.302 e. The number of hydrogen-bond acceptors (Lipinski definition) is 8. The molecule has 3 rings (SSSR count). The Morgan fingerprint density at radius 3 is 2.76 bits per heavy atom. The van der Waals surface area contributed by atoms with E-state index in [1.807, 2.05) is 0 Å². The van der Waals surface area contributed by atoms with Crippen LogP contribution in [0.1, 0.15) is 5.69 Å². The van der Waals surface area contributed by atoms with Crippen LogP contribution < -0.4 is 11.5 Å². The standard InChI is InChI=1S/C13H12FN5O4S2/c1-5-9(12(16)19-18-5)13-17-10-7(24-13)3-2-6(14)11(10)25(21,22)23-4-8(15)20/h2-3H,4H2,1H3,(H2,15,20)(H3,16,18,19). The Hall–Kier alpha value is -2.57. The average Bonchev–Trinajstić information content (AvgIpc) is 3.07. The van der Waals surface area contributed by atoms with Crippen molar-refractivity contribution in [3.05, 3.63) is 23.6 Å². The van der Waals surface area contributed by atoms with Crippen molar-refractivity contribution in [1.29, 1.82) is 0 Å². The number of aromatic amines is 1. The van der Waals surface area contributed by atoms with Gasteiger partial charge in [-0.3, -0.25) is 14.1 Å². The number of fused-ring (bicyclic) bond motifs is 1. The summed E-state index contributed by atoms with van der Waals surface area (Å²) in [5.74, 6) is -1.87. The van der Waals surface area contributed by atoms with Crippen LogP contribution >= 0.6 is 11.3 Å². The number of H-pyrrole nitrogens is 1. The Balaban J connectivity index is 2.20. The number of aromatic nitrogens is 3. The number of nitrogens with one attached hydrogen (secondary N) is 1. The highest BCUT2D eigenvalue weighted by Crippen LogP contribution is 2.37. The molecule has 0 saturated carbocycles. The monoisotopic (exact) mass is 385 g/mol. The first-order valence-corrected chi connectivity index (χ1v) is 9.00. The van der Waals surface area contributed by atoms with Crippen LogP contribution in [0.2, 0.25) is 0 Å². The molecular formula is C13H12FN5O4S2. The quantitative estimate of drug-likeness (QED) is 0.551. The molecule has 25 heavy (non-hydrogen) atoms. The lowest BCUT2D eigenvalue weighted by atomic mass is 10.2. The van der Waals surface area contributed by atoms with Gasteiger partial charge in [-0.25, -0.2) is 9.37 Å². The van der Waals surface area contributed by atoms with E-state index in [0.717, 1.165) is 17.4 Å². The number of aryl methyl sites for hydroxylation is 1. The molecule has 0 atom stereocenters. The van der Waals surface area contributed by atoms with Gasteiger partial charge >= 0.3 is 10.1 Å². The van der Waals surface area contributed by atoms with E-state index in [-0.39, 0.29) is 11.3 Å². The van der Waals surface area contributed by atoms with Gasteiger partial charge in [-0.2, -0.15) is 13.5 Å². The zero-order valence-corrected chi connectivity index (χ0v) is 14.4. The number of nitrogens with two attached hydrogens (primary N) is 2. The molecule has 0 bridgehead atoms. The SMILES string of the molecule is Cc1[nH]nc(N)c1-c1nc2c(S(=O)(=O)OCC(N)=O)c(F)ccc2s1. The molecule has 0 spiro atoms. The summed E-state index contributed by atoms with van der Waals surface area (Å²) in [7, 11) is -4.57. The van der Waals surface area contributed by atoms with E-state index in [4.69, 9.17) is 11.5 Å². The van der Waals surface area contributed by atoms with Crippen LogP contribution in [0.4, 0.5) is 10.2 Å². The number of nitrogen functional groups attached to an aromatic ring is 1. The molecule has 1 amide bonds. The number of nitrogens with zero attached hydrogens (tertiary/aromatic N) is 2. The van der Waals surface area contributed by atoms with Crippen molar-refractivity contribution in [2.45, 2.75) is 11.8 Å². The predicted molar refractivity (Wildman–Crippen MR) is 88.6 cm³/mol. The molecule has 12 heteroatoms. The van der Waals surface area contributed by atoms with Crippen LogP contribution in [0, 0.1) is 12.7 Å². The predicted octanol–water partition coefficient (Wildman–Crippen LogP) is 0.907. The van der Waals surface area contributed by atoms with E-state index in [9.17, 15) is 17.6 Å². The van der Waals surface area contributed by atoms with Crippen molar-refractivity contribution in [3.63, 3.8) is 0 Å². The van der Waals surface area contributed by atoms with Crippen molar-refractivity contribution in [1.82, 2.24) is 15.2 Å². The van der Waals surface area contributed by atoms with Gasteiger partial charge in [0, 0.05) is 5.69 Å². The molecule has 3 aromatic rings. The lowest BCUT2D eigenvalue weighted by Gasteiger charge is -2.05. The second kappa shape index (κ2) is 6.06. The minimum absolute atomic E-state index is 0.121. The summed E-state index contributed by atoms with van der Waals surface area (Å²) < 4.78 is 43.6. The number of hydrogen-bond donors (Lipinski definition) is 3. The lowest BCUT2D eigenvalue weighted by molar-refractivity contribution is -0.119. The maximum atomic E-state index is 14.2. The van der Waals surface area contributed by atoms with Gasteiger partial charge < -0.3 is 11.5 Å². The number of carbonyl (C=O) groups excluding carboxylic acids is 1. The highest BCUT2D eigenvalue weighted by atomic mass is 32.2. The molecule has 0 radical (unpaired) electrons. The molecule has 0 unspecified atom stereocenters. The number of carbonyl (C=O) groups is 1. The number of benzene rings is 1. The molecule has 9 nitrogen and oxygen atoms in total. The van der Waals surface area contributed by atoms with Crippen molar-refractivity contribution in [2.24, 2.45) is 5.73 Å². The summed E-state index contributed by atoms with van der Waals surface area (Å²) in [5, 5.41) is 6.91. The summed E-state index contributed by atoms with van der Waals surface area (Å²) in [5.41, 5.74) is 11.7. The van der Waals surface area contributed by atoms with Crippen LogP contribution in [0.5, 0.6) is 0 Å². The van der Waals surface area contributed by atoms with Gasteiger partial charge in [0.05, 0.1) is 10.3 Å². The fourth-order valence-electron chi connectivity index (χ4n) is 2.20. The number of rotatable bonds is 5. The molecule has 132 valence electrons. The first-order chi connectivity index (χ1) is 11.7. The first-order valence-electron chi connectivity index (χ1n) is 6.78. The lowest BCUT2D eigenvalue weighted by Crippen LogP contribution is -2.21. The topological polar surface area (TPSA) is 154 Å². The van der Waals surface area contributed by atoms with Gasteiger partial charge in [-0.05, 0) is 19.1 Å². The van der Waals surface area contributed by atoms with Crippen molar-refractivity contribution in [3.8, 4) is 10.6 Å². The number of halogens is 1. The largest absolute Gasteiger partial charge is 0.382 e. The highest BCUT2D eigenvalue weighted by molar-refractivity contribution is 7.87. The molecule has 1 aromatic carbocycles. The van der Waals surface area contributed by atoms with Gasteiger partial charge in [0.15, 0.2) is 10.7 Å².